The second kappa shape index (κ2) is 15.9. The van der Waals surface area contributed by atoms with Gasteiger partial charge in [-0.25, -0.2) is 4.79 Å². The van der Waals surface area contributed by atoms with Crippen molar-refractivity contribution in [2.75, 3.05) is 12.0 Å². The summed E-state index contributed by atoms with van der Waals surface area (Å²) in [6, 6.07) is -5.01. The number of aliphatic carboxylic acids is 2. The minimum Gasteiger partial charge on any atom is -0.481 e. The third-order valence-electron chi connectivity index (χ3n) is 5.10. The maximum atomic E-state index is 12.9. The van der Waals surface area contributed by atoms with Gasteiger partial charge in [-0.1, -0.05) is 20.3 Å². The zero-order valence-corrected chi connectivity index (χ0v) is 20.4. The molecule has 0 radical (unpaired) electrons. The van der Waals surface area contributed by atoms with E-state index < -0.39 is 72.6 Å². The number of thioether (sulfide) groups is 1. The third-order valence-corrected chi connectivity index (χ3v) is 5.75. The molecule has 194 valence electrons. The summed E-state index contributed by atoms with van der Waals surface area (Å²) < 4.78 is 0. The average Bonchev–Trinajstić information content (AvgIpc) is 2.76. The molecule has 0 aliphatic carbocycles. The molecule has 4 amide bonds. The lowest BCUT2D eigenvalue weighted by Gasteiger charge is -2.25. The van der Waals surface area contributed by atoms with Gasteiger partial charge in [0.2, 0.25) is 23.6 Å². The first kappa shape index (κ1) is 31.1. The summed E-state index contributed by atoms with van der Waals surface area (Å²) >= 11 is 1.37. The largest absolute Gasteiger partial charge is 0.481 e. The van der Waals surface area contributed by atoms with Crippen LogP contribution in [0.5, 0.6) is 0 Å². The summed E-state index contributed by atoms with van der Waals surface area (Å²) in [6.45, 7) is 3.59. The summed E-state index contributed by atoms with van der Waals surface area (Å²) in [5, 5.41) is 25.2. The number of carboxylic acids is 2. The zero-order valence-electron chi connectivity index (χ0n) is 19.5. The topological polar surface area (TPSA) is 231 Å². The molecule has 14 heteroatoms. The van der Waals surface area contributed by atoms with Gasteiger partial charge in [-0.2, -0.15) is 11.8 Å². The van der Waals surface area contributed by atoms with Crippen LogP contribution in [-0.4, -0.2) is 82.0 Å². The van der Waals surface area contributed by atoms with Crippen LogP contribution < -0.4 is 27.4 Å². The highest BCUT2D eigenvalue weighted by Crippen LogP contribution is 2.08. The molecule has 0 aliphatic heterocycles. The SMILES string of the molecule is CCC(C)C(N)C(=O)NC(CCC(=O)O)C(=O)NC(CCSC)C(=O)NC(CC(N)=O)C(=O)O. The molecule has 0 aliphatic rings. The minimum absolute atomic E-state index is 0.105. The number of amides is 4. The summed E-state index contributed by atoms with van der Waals surface area (Å²) in [4.78, 5) is 71.5. The molecule has 9 N–H and O–H groups in total. The van der Waals surface area contributed by atoms with Gasteiger partial charge in [-0.05, 0) is 30.8 Å². The van der Waals surface area contributed by atoms with Crippen molar-refractivity contribution in [1.29, 1.82) is 0 Å². The van der Waals surface area contributed by atoms with E-state index in [0.717, 1.165) is 0 Å². The van der Waals surface area contributed by atoms with Crippen molar-refractivity contribution < 1.29 is 39.0 Å². The Morgan fingerprint density at radius 3 is 1.82 bits per heavy atom. The predicted molar refractivity (Wildman–Crippen MR) is 125 cm³/mol. The van der Waals surface area contributed by atoms with Crippen molar-refractivity contribution in [1.82, 2.24) is 16.0 Å². The van der Waals surface area contributed by atoms with Crippen LogP contribution >= 0.6 is 11.8 Å². The van der Waals surface area contributed by atoms with Crippen LogP contribution in [0.2, 0.25) is 0 Å². The monoisotopic (exact) mass is 505 g/mol. The van der Waals surface area contributed by atoms with E-state index in [9.17, 15) is 33.9 Å². The normalized spacial score (nSPS) is 15.2. The zero-order chi connectivity index (χ0) is 26.4. The Hall–Kier alpha value is -2.87. The number of hydrogen-bond donors (Lipinski definition) is 7. The van der Waals surface area contributed by atoms with Crippen molar-refractivity contribution in [3.63, 3.8) is 0 Å². The molecule has 0 heterocycles. The molecule has 0 saturated carbocycles. The van der Waals surface area contributed by atoms with Crippen LogP contribution in [0.25, 0.3) is 0 Å². The Morgan fingerprint density at radius 2 is 1.38 bits per heavy atom. The first-order chi connectivity index (χ1) is 15.8. The number of carbonyl (C=O) groups is 6. The first-order valence-electron chi connectivity index (χ1n) is 10.7. The highest BCUT2D eigenvalue weighted by molar-refractivity contribution is 7.98. The quantitative estimate of drug-likeness (QED) is 0.119. The number of hydrogen-bond acceptors (Lipinski definition) is 8. The van der Waals surface area contributed by atoms with Crippen LogP contribution in [0.3, 0.4) is 0 Å². The smallest absolute Gasteiger partial charge is 0.326 e. The van der Waals surface area contributed by atoms with Gasteiger partial charge in [0.15, 0.2) is 0 Å². The number of rotatable bonds is 17. The fourth-order valence-corrected chi connectivity index (χ4v) is 3.24. The lowest BCUT2D eigenvalue weighted by molar-refractivity contribution is -0.143. The van der Waals surface area contributed by atoms with E-state index in [2.05, 4.69) is 16.0 Å². The Bertz CT molecular complexity index is 750. The van der Waals surface area contributed by atoms with Crippen LogP contribution in [-0.2, 0) is 28.8 Å². The highest BCUT2D eigenvalue weighted by Gasteiger charge is 2.31. The summed E-state index contributed by atoms with van der Waals surface area (Å²) in [5.74, 6) is -5.72. The average molecular weight is 506 g/mol. The molecule has 0 aromatic carbocycles. The van der Waals surface area contributed by atoms with Crippen molar-refractivity contribution in [2.45, 2.75) is 70.1 Å². The van der Waals surface area contributed by atoms with Crippen molar-refractivity contribution in [3.8, 4) is 0 Å². The second-order valence-electron chi connectivity index (χ2n) is 7.82. The number of carbonyl (C=O) groups excluding carboxylic acids is 4. The minimum atomic E-state index is -1.59. The Kier molecular flexibility index (Phi) is 14.5. The van der Waals surface area contributed by atoms with E-state index in [0.29, 0.717) is 12.2 Å². The Balaban J connectivity index is 5.58. The molecule has 0 aromatic rings. The van der Waals surface area contributed by atoms with Gasteiger partial charge in [-0.15, -0.1) is 0 Å². The highest BCUT2D eigenvalue weighted by atomic mass is 32.2. The standard InChI is InChI=1S/C20H35N5O8S/c1-4-10(2)16(22)19(31)24-11(5-6-15(27)28)17(29)23-12(7-8-34-3)18(30)25-13(20(32)33)9-14(21)26/h10-13,16H,4-9,22H2,1-3H3,(H2,21,26)(H,23,29)(H,24,31)(H,25,30)(H,27,28)(H,32,33). The molecule has 0 aromatic heterocycles. The molecule has 0 rings (SSSR count). The molecule has 34 heavy (non-hydrogen) atoms. The fourth-order valence-electron chi connectivity index (χ4n) is 2.77. The molecule has 0 saturated heterocycles. The van der Waals surface area contributed by atoms with Crippen molar-refractivity contribution >= 4 is 47.3 Å². The third kappa shape index (κ3) is 11.8. The van der Waals surface area contributed by atoms with Crippen LogP contribution in [0.1, 0.15) is 46.0 Å². The van der Waals surface area contributed by atoms with Crippen molar-refractivity contribution in [3.05, 3.63) is 0 Å². The molecule has 0 bridgehead atoms. The Labute approximate surface area is 202 Å². The number of nitrogens with two attached hydrogens (primary N) is 2. The lowest BCUT2D eigenvalue weighted by Crippen LogP contribution is -2.58. The fraction of sp³-hybridized carbons (Fsp3) is 0.700. The Morgan fingerprint density at radius 1 is 0.882 bits per heavy atom. The van der Waals surface area contributed by atoms with E-state index in [1.165, 1.54) is 11.8 Å². The van der Waals surface area contributed by atoms with Crippen molar-refractivity contribution in [2.24, 2.45) is 17.4 Å². The maximum Gasteiger partial charge on any atom is 0.326 e. The summed E-state index contributed by atoms with van der Waals surface area (Å²) in [6.07, 6.45) is 1.14. The molecule has 0 fully saturated rings. The lowest BCUT2D eigenvalue weighted by atomic mass is 9.98. The first-order valence-corrected chi connectivity index (χ1v) is 12.1. The maximum absolute atomic E-state index is 12.9. The predicted octanol–water partition coefficient (Wildman–Crippen LogP) is -1.61. The number of nitrogens with one attached hydrogen (secondary N) is 3. The van der Waals surface area contributed by atoms with E-state index in [1.54, 1.807) is 13.2 Å². The van der Waals surface area contributed by atoms with Gasteiger partial charge in [0.05, 0.1) is 12.5 Å². The van der Waals surface area contributed by atoms with Gasteiger partial charge >= 0.3 is 11.9 Å². The van der Waals surface area contributed by atoms with E-state index in [-0.39, 0.29) is 18.8 Å². The molecule has 13 nitrogen and oxygen atoms in total. The molecular formula is C20H35N5O8S. The molecule has 0 spiro atoms. The van der Waals surface area contributed by atoms with Gasteiger partial charge in [0.1, 0.15) is 18.1 Å². The van der Waals surface area contributed by atoms with Gasteiger partial charge in [0.25, 0.3) is 0 Å². The molecule has 5 unspecified atom stereocenters. The van der Waals surface area contributed by atoms with Gasteiger partial charge in [0, 0.05) is 6.42 Å². The van der Waals surface area contributed by atoms with E-state index in [1.807, 2.05) is 6.92 Å². The van der Waals surface area contributed by atoms with Gasteiger partial charge in [-0.3, -0.25) is 24.0 Å². The summed E-state index contributed by atoms with van der Waals surface area (Å²) in [5.41, 5.74) is 10.9. The van der Waals surface area contributed by atoms with E-state index in [4.69, 9.17) is 16.6 Å². The van der Waals surface area contributed by atoms with E-state index >= 15 is 0 Å². The van der Waals surface area contributed by atoms with Crippen LogP contribution in [0, 0.1) is 5.92 Å². The van der Waals surface area contributed by atoms with Crippen LogP contribution in [0.15, 0.2) is 0 Å². The van der Waals surface area contributed by atoms with Gasteiger partial charge < -0.3 is 37.6 Å². The number of primary amides is 1. The van der Waals surface area contributed by atoms with Crippen LogP contribution in [0.4, 0.5) is 0 Å². The number of carboxylic acid groups (broad SMARTS) is 2. The summed E-state index contributed by atoms with van der Waals surface area (Å²) in [7, 11) is 0. The second-order valence-corrected chi connectivity index (χ2v) is 8.80. The molecular weight excluding hydrogens is 470 g/mol. The molecule has 5 atom stereocenters.